The maximum absolute atomic E-state index is 14.5. The summed E-state index contributed by atoms with van der Waals surface area (Å²) in [7, 11) is 0.719. The number of hydrogen-bond acceptors (Lipinski definition) is 4. The number of hydrogen-bond donors (Lipinski definition) is 1. The molecule has 0 aliphatic heterocycles. The van der Waals surface area contributed by atoms with Crippen molar-refractivity contribution in [2.45, 2.75) is 19.1 Å². The van der Waals surface area contributed by atoms with E-state index in [4.69, 9.17) is 4.52 Å². The highest BCUT2D eigenvalue weighted by Crippen LogP contribution is 2.59. The molecule has 0 spiro atoms. The lowest BCUT2D eigenvalue weighted by Crippen LogP contribution is -2.21. The molecule has 0 fully saturated rings. The summed E-state index contributed by atoms with van der Waals surface area (Å²) in [5, 5.41) is 4.20. The van der Waals surface area contributed by atoms with Crippen molar-refractivity contribution in [2.75, 3.05) is 30.9 Å². The van der Waals surface area contributed by atoms with Crippen LogP contribution >= 0.6 is 7.37 Å². The summed E-state index contributed by atoms with van der Waals surface area (Å²) in [6.45, 7) is 2.47. The topological polar surface area (TPSA) is 41.6 Å². The minimum atomic E-state index is -3.27. The van der Waals surface area contributed by atoms with Crippen molar-refractivity contribution >= 4 is 24.0 Å². The molecule has 0 heterocycles. The van der Waals surface area contributed by atoms with Crippen LogP contribution in [0.25, 0.3) is 0 Å². The van der Waals surface area contributed by atoms with Gasteiger partial charge in [0.05, 0.1) is 6.61 Å². The summed E-state index contributed by atoms with van der Waals surface area (Å²) in [6.07, 6.45) is 0.798. The Morgan fingerprint density at radius 3 is 2.03 bits per heavy atom. The molecular weight excluding hydrogens is 379 g/mol. The Hall–Kier alpha value is -2.55. The first-order valence-electron chi connectivity index (χ1n) is 9.93. The lowest BCUT2D eigenvalue weighted by atomic mass is 10.2. The van der Waals surface area contributed by atoms with Crippen LogP contribution in [0.1, 0.15) is 24.7 Å². The minimum Gasteiger partial charge on any atom is -0.378 e. The number of rotatable bonds is 9. The summed E-state index contributed by atoms with van der Waals surface area (Å²) in [4.78, 5) is 2.03. The second-order valence-corrected chi connectivity index (χ2v) is 9.65. The Labute approximate surface area is 174 Å². The van der Waals surface area contributed by atoms with Gasteiger partial charge in [0, 0.05) is 30.8 Å². The predicted octanol–water partition coefficient (Wildman–Crippen LogP) is 5.89. The van der Waals surface area contributed by atoms with E-state index in [-0.39, 0.29) is 0 Å². The summed E-state index contributed by atoms with van der Waals surface area (Å²) in [6, 6.07) is 27.6. The smallest absolute Gasteiger partial charge is 0.258 e. The zero-order chi connectivity index (χ0) is 20.7. The SMILES string of the molecule is CCCOP(=O)(c1ccc(N(C)C)cc1)C(Nc1ccccc1)c1ccccc1. The van der Waals surface area contributed by atoms with Crippen LogP contribution in [0, 0.1) is 0 Å². The summed E-state index contributed by atoms with van der Waals surface area (Å²) in [5.74, 6) is -0.483. The number of anilines is 2. The fraction of sp³-hybridized carbons (Fsp3) is 0.250. The highest BCUT2D eigenvalue weighted by Gasteiger charge is 2.37. The molecule has 2 unspecified atom stereocenters. The second-order valence-electron chi connectivity index (χ2n) is 7.16. The van der Waals surface area contributed by atoms with Crippen LogP contribution in [0.4, 0.5) is 11.4 Å². The third-order valence-corrected chi connectivity index (χ3v) is 7.44. The Balaban J connectivity index is 2.08. The Kier molecular flexibility index (Phi) is 7.13. The van der Waals surface area contributed by atoms with Gasteiger partial charge in [-0.05, 0) is 48.4 Å². The minimum absolute atomic E-state index is 0.437. The van der Waals surface area contributed by atoms with Crippen molar-refractivity contribution in [2.24, 2.45) is 0 Å². The maximum Gasteiger partial charge on any atom is 0.258 e. The van der Waals surface area contributed by atoms with Gasteiger partial charge in [0.25, 0.3) is 7.37 Å². The molecule has 0 amide bonds. The van der Waals surface area contributed by atoms with Crippen LogP contribution in [0.5, 0.6) is 0 Å². The molecule has 29 heavy (non-hydrogen) atoms. The molecule has 3 aromatic rings. The van der Waals surface area contributed by atoms with Gasteiger partial charge in [-0.15, -0.1) is 0 Å². The van der Waals surface area contributed by atoms with Crippen LogP contribution < -0.4 is 15.5 Å². The molecule has 0 saturated heterocycles. The van der Waals surface area contributed by atoms with Gasteiger partial charge in [-0.25, -0.2) is 0 Å². The lowest BCUT2D eigenvalue weighted by Gasteiger charge is -2.30. The van der Waals surface area contributed by atoms with E-state index >= 15 is 0 Å². The van der Waals surface area contributed by atoms with Gasteiger partial charge < -0.3 is 14.7 Å². The largest absolute Gasteiger partial charge is 0.378 e. The zero-order valence-corrected chi connectivity index (χ0v) is 18.2. The highest BCUT2D eigenvalue weighted by molar-refractivity contribution is 7.67. The first-order chi connectivity index (χ1) is 14.0. The summed E-state index contributed by atoms with van der Waals surface area (Å²) in [5.41, 5.74) is 2.90. The molecule has 1 N–H and O–H groups in total. The van der Waals surface area contributed by atoms with E-state index in [1.165, 1.54) is 0 Å². The van der Waals surface area contributed by atoms with Gasteiger partial charge in [0.15, 0.2) is 0 Å². The van der Waals surface area contributed by atoms with Crippen molar-refractivity contribution in [1.29, 1.82) is 0 Å². The van der Waals surface area contributed by atoms with Crippen molar-refractivity contribution in [3.8, 4) is 0 Å². The molecule has 5 heteroatoms. The van der Waals surface area contributed by atoms with Crippen LogP contribution in [0.2, 0.25) is 0 Å². The summed E-state index contributed by atoms with van der Waals surface area (Å²) >= 11 is 0. The average Bonchev–Trinajstić information content (AvgIpc) is 2.77. The molecule has 4 nitrogen and oxygen atoms in total. The molecule has 3 rings (SSSR count). The van der Waals surface area contributed by atoms with Crippen molar-refractivity contribution in [1.82, 2.24) is 0 Å². The van der Waals surface area contributed by atoms with Gasteiger partial charge in [0.2, 0.25) is 0 Å². The number of nitrogens with zero attached hydrogens (tertiary/aromatic N) is 1. The van der Waals surface area contributed by atoms with Crippen molar-refractivity contribution in [3.05, 3.63) is 90.5 Å². The van der Waals surface area contributed by atoms with E-state index in [9.17, 15) is 4.57 Å². The average molecular weight is 408 g/mol. The van der Waals surface area contributed by atoms with Gasteiger partial charge in [-0.3, -0.25) is 4.57 Å². The first-order valence-corrected chi connectivity index (χ1v) is 11.6. The first kappa shape index (κ1) is 21.2. The third-order valence-electron chi connectivity index (χ3n) is 4.75. The molecule has 0 bridgehead atoms. The van der Waals surface area contributed by atoms with E-state index < -0.39 is 13.2 Å². The predicted molar refractivity (Wildman–Crippen MR) is 124 cm³/mol. The van der Waals surface area contributed by atoms with Gasteiger partial charge >= 0.3 is 0 Å². The van der Waals surface area contributed by atoms with E-state index in [1.807, 2.05) is 111 Å². The van der Waals surface area contributed by atoms with Gasteiger partial charge in [-0.1, -0.05) is 55.5 Å². The summed E-state index contributed by atoms with van der Waals surface area (Å²) < 4.78 is 20.6. The normalized spacial score (nSPS) is 14.0. The van der Waals surface area contributed by atoms with Crippen LogP contribution in [0.15, 0.2) is 84.9 Å². The molecule has 0 saturated carbocycles. The second kappa shape index (κ2) is 9.78. The molecule has 3 aromatic carbocycles. The fourth-order valence-electron chi connectivity index (χ4n) is 3.18. The van der Waals surface area contributed by atoms with Gasteiger partial charge in [0.1, 0.15) is 5.78 Å². The van der Waals surface area contributed by atoms with Crippen LogP contribution in [-0.2, 0) is 9.09 Å². The fourth-order valence-corrected chi connectivity index (χ4v) is 5.67. The van der Waals surface area contributed by atoms with E-state index in [2.05, 4.69) is 5.32 Å². The Morgan fingerprint density at radius 2 is 1.48 bits per heavy atom. The zero-order valence-electron chi connectivity index (χ0n) is 17.3. The number of benzene rings is 3. The van der Waals surface area contributed by atoms with Gasteiger partial charge in [-0.2, -0.15) is 0 Å². The number of para-hydroxylation sites is 1. The molecule has 152 valence electrons. The van der Waals surface area contributed by atoms with Crippen molar-refractivity contribution in [3.63, 3.8) is 0 Å². The molecule has 0 aromatic heterocycles. The van der Waals surface area contributed by atoms with E-state index in [1.54, 1.807) is 0 Å². The standard InChI is InChI=1S/C24H29N2O2P/c1-4-19-28-29(27,23-17-15-22(16-18-23)26(2)3)24(20-11-7-5-8-12-20)25-21-13-9-6-10-14-21/h5-18,24-25H,4,19H2,1-3H3. The lowest BCUT2D eigenvalue weighted by molar-refractivity contribution is 0.315. The monoisotopic (exact) mass is 408 g/mol. The Morgan fingerprint density at radius 1 is 0.897 bits per heavy atom. The van der Waals surface area contributed by atoms with Crippen molar-refractivity contribution < 1.29 is 9.09 Å². The molecule has 0 aliphatic rings. The van der Waals surface area contributed by atoms with Crippen LogP contribution in [0.3, 0.4) is 0 Å². The van der Waals surface area contributed by atoms with Crippen LogP contribution in [-0.4, -0.2) is 20.7 Å². The Bertz CT molecular complexity index is 928. The molecule has 0 aliphatic carbocycles. The third kappa shape index (κ3) is 5.09. The van der Waals surface area contributed by atoms with E-state index in [0.29, 0.717) is 11.9 Å². The maximum atomic E-state index is 14.5. The molecular formula is C24H29N2O2P. The highest BCUT2D eigenvalue weighted by atomic mass is 31.2. The van der Waals surface area contributed by atoms with E-state index in [0.717, 1.165) is 23.4 Å². The molecule has 0 radical (unpaired) electrons. The quantitative estimate of drug-likeness (QED) is 0.448. The molecule has 2 atom stereocenters. The number of nitrogens with one attached hydrogen (secondary N) is 1.